The van der Waals surface area contributed by atoms with Gasteiger partial charge in [0, 0.05) is 67.8 Å². The Labute approximate surface area is 277 Å². The number of fused-ring (bicyclic) bond motifs is 1. The molecule has 0 radical (unpaired) electrons. The highest BCUT2D eigenvalue weighted by molar-refractivity contribution is 5.83. The molecular formula is C33H29FN12O3. The summed E-state index contributed by atoms with van der Waals surface area (Å²) in [6, 6.07) is 17.7. The fraction of sp³-hybridized carbons (Fsp3) is 0.212. The van der Waals surface area contributed by atoms with Crippen LogP contribution in [0.3, 0.4) is 0 Å². The standard InChI is InChI=1S/C33H29FN12O3/c34-33(48,49)45-19-21(3-8-28(45)47)24-6-7-25-31(41-24)46(32(42-25)29-30(36)39-14-13-38-29)23-4-1-20(2-5-23)18-44-15-10-22(11-16-44)40-26-9-12-37-27(17-35)43-26/h1-9,12-14,19,22,48-49H,10-11,15-16,18H2,(H2,36,39)(H,37,40,43). The van der Waals surface area contributed by atoms with Crippen molar-refractivity contribution in [3.63, 3.8) is 0 Å². The third kappa shape index (κ3) is 6.53. The van der Waals surface area contributed by atoms with E-state index in [0.29, 0.717) is 34.2 Å². The number of benzene rings is 1. The molecule has 6 heterocycles. The third-order valence-electron chi connectivity index (χ3n) is 8.25. The van der Waals surface area contributed by atoms with Crippen LogP contribution in [0.1, 0.15) is 24.2 Å². The molecule has 0 amide bonds. The number of hydrogen-bond donors (Lipinski definition) is 4. The van der Waals surface area contributed by atoms with Crippen LogP contribution in [-0.4, -0.2) is 73.3 Å². The van der Waals surface area contributed by atoms with Gasteiger partial charge in [0.25, 0.3) is 5.56 Å². The number of aliphatic hydroxyl groups is 2. The van der Waals surface area contributed by atoms with Gasteiger partial charge in [-0.1, -0.05) is 12.1 Å². The number of anilines is 2. The molecule has 16 heteroatoms. The van der Waals surface area contributed by atoms with E-state index in [9.17, 15) is 19.4 Å². The summed E-state index contributed by atoms with van der Waals surface area (Å²) in [5.74, 6) is 1.37. The van der Waals surface area contributed by atoms with Gasteiger partial charge in [0.2, 0.25) is 5.82 Å². The number of nitrogens with zero attached hydrogens (tertiary/aromatic N) is 10. The number of likely N-dealkylation sites (tertiary alicyclic amines) is 1. The molecule has 5 aromatic heterocycles. The molecule has 0 aliphatic carbocycles. The minimum Gasteiger partial charge on any atom is -0.382 e. The zero-order valence-electron chi connectivity index (χ0n) is 25.8. The van der Waals surface area contributed by atoms with E-state index in [1.54, 1.807) is 29.0 Å². The predicted molar refractivity (Wildman–Crippen MR) is 176 cm³/mol. The van der Waals surface area contributed by atoms with E-state index in [2.05, 4.69) is 30.2 Å². The number of alkyl halides is 1. The molecule has 0 unspecified atom stereocenters. The first kappa shape index (κ1) is 31.4. The van der Waals surface area contributed by atoms with E-state index >= 15 is 0 Å². The zero-order chi connectivity index (χ0) is 34.1. The molecule has 1 aliphatic rings. The highest BCUT2D eigenvalue weighted by Crippen LogP contribution is 2.31. The Morgan fingerprint density at radius 2 is 1.73 bits per heavy atom. The van der Waals surface area contributed by atoms with Crippen molar-refractivity contribution in [3.8, 4) is 34.5 Å². The monoisotopic (exact) mass is 660 g/mol. The van der Waals surface area contributed by atoms with Crippen molar-refractivity contribution in [1.82, 2.24) is 43.9 Å². The molecule has 49 heavy (non-hydrogen) atoms. The number of nitrogens with one attached hydrogen (secondary N) is 1. The van der Waals surface area contributed by atoms with Crippen LogP contribution in [-0.2, 0) is 12.7 Å². The van der Waals surface area contributed by atoms with E-state index in [0.717, 1.165) is 56.0 Å². The quantitative estimate of drug-likeness (QED) is 0.173. The lowest BCUT2D eigenvalue weighted by Gasteiger charge is -2.32. The number of piperidine rings is 1. The van der Waals surface area contributed by atoms with Crippen LogP contribution >= 0.6 is 0 Å². The average molecular weight is 661 g/mol. The number of nitriles is 1. The number of imidazole rings is 1. The normalized spacial score (nSPS) is 14.2. The smallest absolute Gasteiger partial charge is 0.382 e. The summed E-state index contributed by atoms with van der Waals surface area (Å²) in [7, 11) is 0. The van der Waals surface area contributed by atoms with Crippen LogP contribution in [0.4, 0.5) is 16.0 Å². The summed E-state index contributed by atoms with van der Waals surface area (Å²) in [6.45, 7) is 2.51. The number of halogens is 1. The van der Waals surface area contributed by atoms with E-state index in [1.807, 2.05) is 30.3 Å². The topological polar surface area (TPSA) is 210 Å². The lowest BCUT2D eigenvalue weighted by atomic mass is 10.0. The fourth-order valence-corrected chi connectivity index (χ4v) is 5.85. The third-order valence-corrected chi connectivity index (χ3v) is 8.25. The van der Waals surface area contributed by atoms with Crippen molar-refractivity contribution in [2.45, 2.75) is 31.6 Å². The van der Waals surface area contributed by atoms with Gasteiger partial charge in [0.05, 0.1) is 5.69 Å². The van der Waals surface area contributed by atoms with Gasteiger partial charge < -0.3 is 21.3 Å². The molecule has 7 rings (SSSR count). The maximum atomic E-state index is 13.9. The van der Waals surface area contributed by atoms with Crippen LogP contribution < -0.4 is 16.6 Å². The maximum absolute atomic E-state index is 13.9. The van der Waals surface area contributed by atoms with Crippen LogP contribution in [0.15, 0.2) is 84.2 Å². The molecule has 0 bridgehead atoms. The minimum atomic E-state index is -3.88. The second-order valence-electron chi connectivity index (χ2n) is 11.5. The van der Waals surface area contributed by atoms with Crippen LogP contribution in [0.2, 0.25) is 0 Å². The van der Waals surface area contributed by atoms with Gasteiger partial charge in [-0.25, -0.2) is 34.5 Å². The lowest BCUT2D eigenvalue weighted by molar-refractivity contribution is -0.326. The van der Waals surface area contributed by atoms with Crippen LogP contribution in [0, 0.1) is 11.3 Å². The maximum Gasteiger partial charge on any atom is 0.414 e. The molecule has 0 saturated carbocycles. The molecule has 0 atom stereocenters. The van der Waals surface area contributed by atoms with E-state index < -0.39 is 11.7 Å². The SMILES string of the molecule is N#Cc1nccc(NC2CCN(Cc3ccc(-n4c(-c5nccnc5N)nc5ccc(-c6ccc(=O)n(C(O)(O)F)c6)nc54)cc3)CC2)n1. The predicted octanol–water partition coefficient (Wildman–Crippen LogP) is 2.55. The Morgan fingerprint density at radius 1 is 0.959 bits per heavy atom. The summed E-state index contributed by atoms with van der Waals surface area (Å²) >= 11 is 0. The Bertz CT molecular complexity index is 2250. The second-order valence-corrected chi connectivity index (χ2v) is 11.5. The molecule has 0 spiro atoms. The van der Waals surface area contributed by atoms with Gasteiger partial charge in [-0.2, -0.15) is 9.65 Å². The minimum absolute atomic E-state index is 0.140. The Hall–Kier alpha value is -6.15. The Morgan fingerprint density at radius 3 is 2.47 bits per heavy atom. The van der Waals surface area contributed by atoms with Gasteiger partial charge in [0.1, 0.15) is 23.1 Å². The summed E-state index contributed by atoms with van der Waals surface area (Å²) in [6.07, 6.45) is 3.51. The molecule has 6 aromatic rings. The number of rotatable bonds is 8. The van der Waals surface area contributed by atoms with Gasteiger partial charge in [0.15, 0.2) is 17.3 Å². The van der Waals surface area contributed by atoms with Gasteiger partial charge in [-0.15, -0.1) is 0 Å². The molecule has 15 nitrogen and oxygen atoms in total. The van der Waals surface area contributed by atoms with Gasteiger partial charge in [-0.05, 0) is 54.8 Å². The van der Waals surface area contributed by atoms with E-state index in [4.69, 9.17) is 21.0 Å². The zero-order valence-corrected chi connectivity index (χ0v) is 25.8. The first-order valence-corrected chi connectivity index (χ1v) is 15.3. The Kier molecular flexibility index (Phi) is 8.22. The molecule has 1 aromatic carbocycles. The second kappa shape index (κ2) is 12.8. The van der Waals surface area contributed by atoms with E-state index in [-0.39, 0.29) is 27.8 Å². The van der Waals surface area contributed by atoms with Gasteiger partial charge in [-0.3, -0.25) is 14.3 Å². The highest BCUT2D eigenvalue weighted by atomic mass is 19.2. The molecule has 246 valence electrons. The first-order chi connectivity index (χ1) is 23.7. The summed E-state index contributed by atoms with van der Waals surface area (Å²) in [4.78, 5) is 40.8. The van der Waals surface area contributed by atoms with Crippen molar-refractivity contribution in [2.24, 2.45) is 0 Å². The number of pyridine rings is 2. The van der Waals surface area contributed by atoms with Crippen LogP contribution in [0.25, 0.3) is 39.6 Å². The van der Waals surface area contributed by atoms with Crippen molar-refractivity contribution in [1.29, 1.82) is 5.26 Å². The summed E-state index contributed by atoms with van der Waals surface area (Å²) in [5.41, 5.74) is 8.96. The molecular weight excluding hydrogens is 631 g/mol. The van der Waals surface area contributed by atoms with Crippen LogP contribution in [0.5, 0.6) is 0 Å². The largest absolute Gasteiger partial charge is 0.414 e. The molecule has 5 N–H and O–H groups in total. The number of nitrogen functional groups attached to an aromatic ring is 1. The summed E-state index contributed by atoms with van der Waals surface area (Å²) in [5, 5.41) is 31.4. The first-order valence-electron chi connectivity index (χ1n) is 15.3. The average Bonchev–Trinajstić information content (AvgIpc) is 3.48. The molecule has 1 fully saturated rings. The van der Waals surface area contributed by atoms with Crippen molar-refractivity contribution < 1.29 is 14.6 Å². The highest BCUT2D eigenvalue weighted by Gasteiger charge is 2.26. The van der Waals surface area contributed by atoms with Gasteiger partial charge >= 0.3 is 6.16 Å². The van der Waals surface area contributed by atoms with E-state index in [1.165, 1.54) is 18.5 Å². The lowest BCUT2D eigenvalue weighted by Crippen LogP contribution is -2.38. The Balaban J connectivity index is 1.16. The number of nitrogens with two attached hydrogens (primary N) is 1. The summed E-state index contributed by atoms with van der Waals surface area (Å²) < 4.78 is 15.9. The van der Waals surface area contributed by atoms with Crippen molar-refractivity contribution in [2.75, 3.05) is 24.1 Å². The molecule has 1 saturated heterocycles. The number of hydrogen-bond acceptors (Lipinski definition) is 13. The van der Waals surface area contributed by atoms with Crippen molar-refractivity contribution >= 4 is 22.8 Å². The fourth-order valence-electron chi connectivity index (χ4n) is 5.85. The molecule has 1 aliphatic heterocycles. The van der Waals surface area contributed by atoms with Crippen molar-refractivity contribution in [3.05, 3.63) is 101 Å². The number of aromatic nitrogens is 8.